The predicted molar refractivity (Wildman–Crippen MR) is 78.2 cm³/mol. The molecule has 0 bridgehead atoms. The molecule has 2 N–H and O–H groups in total. The number of rotatable bonds is 4. The van der Waals surface area contributed by atoms with Gasteiger partial charge in [-0.05, 0) is 37.8 Å². The third-order valence-corrected chi connectivity index (χ3v) is 5.38. The Morgan fingerprint density at radius 2 is 2.00 bits per heavy atom. The molecule has 0 saturated carbocycles. The number of alkyl halides is 2. The summed E-state index contributed by atoms with van der Waals surface area (Å²) in [5.74, 6) is -3.17. The fraction of sp³-hybridized carbons (Fsp3) is 0.571. The second kappa shape index (κ2) is 6.27. The zero-order valence-corrected chi connectivity index (χ0v) is 12.7. The molecule has 0 aliphatic carbocycles. The number of halogens is 2. The van der Waals surface area contributed by atoms with Crippen LogP contribution in [-0.2, 0) is 9.84 Å². The molecule has 2 atom stereocenters. The van der Waals surface area contributed by atoms with Crippen LogP contribution in [-0.4, -0.2) is 33.3 Å². The number of nitrogens with zero attached hydrogens (tertiary/aromatic N) is 1. The van der Waals surface area contributed by atoms with Crippen molar-refractivity contribution in [2.24, 2.45) is 11.7 Å². The number of benzene rings is 1. The van der Waals surface area contributed by atoms with E-state index in [-0.39, 0.29) is 16.9 Å². The molecule has 1 heterocycles. The third-order valence-electron chi connectivity index (χ3n) is 3.95. The predicted octanol–water partition coefficient (Wildman–Crippen LogP) is 2.25. The molecule has 0 spiro atoms. The molecule has 21 heavy (non-hydrogen) atoms. The summed E-state index contributed by atoms with van der Waals surface area (Å²) in [6, 6.07) is 5.94. The SMILES string of the molecule is CC(N)C1CCCN(c2ccccc2S(=O)(=O)C(F)F)C1. The molecule has 118 valence electrons. The highest BCUT2D eigenvalue weighted by atomic mass is 32.2. The van der Waals surface area contributed by atoms with E-state index < -0.39 is 15.6 Å². The van der Waals surface area contributed by atoms with Crippen LogP contribution in [0.4, 0.5) is 14.5 Å². The molecule has 1 aromatic carbocycles. The Balaban J connectivity index is 2.37. The van der Waals surface area contributed by atoms with Gasteiger partial charge in [-0.15, -0.1) is 0 Å². The van der Waals surface area contributed by atoms with Gasteiger partial charge in [0.25, 0.3) is 0 Å². The van der Waals surface area contributed by atoms with E-state index in [9.17, 15) is 17.2 Å². The van der Waals surface area contributed by atoms with E-state index in [0.29, 0.717) is 18.8 Å². The molecule has 1 fully saturated rings. The molecule has 4 nitrogen and oxygen atoms in total. The molecule has 1 aromatic rings. The van der Waals surface area contributed by atoms with Crippen molar-refractivity contribution in [3.8, 4) is 0 Å². The Labute approximate surface area is 123 Å². The fourth-order valence-electron chi connectivity index (χ4n) is 2.71. The van der Waals surface area contributed by atoms with E-state index in [1.54, 1.807) is 12.1 Å². The Hall–Kier alpha value is -1.21. The first-order valence-corrected chi connectivity index (χ1v) is 8.50. The highest BCUT2D eigenvalue weighted by Crippen LogP contribution is 2.32. The standard InChI is InChI=1S/C14H20F2N2O2S/c1-10(17)11-5-4-8-18(9-11)12-6-2-3-7-13(12)21(19,20)14(15)16/h2-3,6-7,10-11,14H,4-5,8-9,17H2,1H3. The fourth-order valence-corrected chi connectivity index (χ4v) is 3.66. The molecule has 1 aliphatic heterocycles. The summed E-state index contributed by atoms with van der Waals surface area (Å²) in [6.07, 6.45) is 1.84. The van der Waals surface area contributed by atoms with Gasteiger partial charge in [0.1, 0.15) is 0 Å². The Bertz CT molecular complexity index is 590. The van der Waals surface area contributed by atoms with Gasteiger partial charge in [0, 0.05) is 19.1 Å². The maximum absolute atomic E-state index is 12.8. The molecular weight excluding hydrogens is 298 g/mol. The van der Waals surface area contributed by atoms with Crippen molar-refractivity contribution >= 4 is 15.5 Å². The second-order valence-electron chi connectivity index (χ2n) is 5.48. The van der Waals surface area contributed by atoms with E-state index in [0.717, 1.165) is 12.8 Å². The van der Waals surface area contributed by atoms with Crippen LogP contribution in [0.5, 0.6) is 0 Å². The lowest BCUT2D eigenvalue weighted by molar-refractivity contribution is 0.234. The van der Waals surface area contributed by atoms with E-state index in [1.165, 1.54) is 12.1 Å². The van der Waals surface area contributed by atoms with Gasteiger partial charge < -0.3 is 10.6 Å². The van der Waals surface area contributed by atoms with Crippen molar-refractivity contribution in [3.63, 3.8) is 0 Å². The largest absolute Gasteiger partial charge is 0.370 e. The average molecular weight is 318 g/mol. The highest BCUT2D eigenvalue weighted by molar-refractivity contribution is 7.91. The molecular formula is C14H20F2N2O2S. The van der Waals surface area contributed by atoms with Crippen LogP contribution >= 0.6 is 0 Å². The minimum Gasteiger partial charge on any atom is -0.370 e. The smallest absolute Gasteiger partial charge is 0.341 e. The van der Waals surface area contributed by atoms with Gasteiger partial charge in [-0.25, -0.2) is 8.42 Å². The molecule has 0 aromatic heterocycles. The third kappa shape index (κ3) is 3.35. The molecule has 0 amide bonds. The van der Waals surface area contributed by atoms with Crippen LogP contribution in [0.3, 0.4) is 0 Å². The first-order valence-electron chi connectivity index (χ1n) is 6.95. The number of hydrogen-bond donors (Lipinski definition) is 1. The van der Waals surface area contributed by atoms with E-state index in [2.05, 4.69) is 0 Å². The summed E-state index contributed by atoms with van der Waals surface area (Å²) >= 11 is 0. The number of sulfone groups is 1. The first kappa shape index (κ1) is 16.2. The molecule has 7 heteroatoms. The van der Waals surface area contributed by atoms with Gasteiger partial charge in [-0.3, -0.25) is 0 Å². The number of nitrogens with two attached hydrogens (primary N) is 1. The summed E-state index contributed by atoms with van der Waals surface area (Å²) in [4.78, 5) is 1.55. The van der Waals surface area contributed by atoms with Crippen LogP contribution in [0, 0.1) is 5.92 Å². The highest BCUT2D eigenvalue weighted by Gasteiger charge is 2.32. The topological polar surface area (TPSA) is 63.4 Å². The first-order chi connectivity index (χ1) is 9.84. The molecule has 0 radical (unpaired) electrons. The van der Waals surface area contributed by atoms with Crippen molar-refractivity contribution in [2.45, 2.75) is 36.5 Å². The minimum absolute atomic E-state index is 0.00771. The number of para-hydroxylation sites is 1. The van der Waals surface area contributed by atoms with Gasteiger partial charge in [-0.2, -0.15) is 8.78 Å². The summed E-state index contributed by atoms with van der Waals surface area (Å²) in [7, 11) is -4.60. The van der Waals surface area contributed by atoms with Gasteiger partial charge in [0.05, 0.1) is 10.6 Å². The second-order valence-corrected chi connectivity index (χ2v) is 7.37. The van der Waals surface area contributed by atoms with Crippen LogP contribution < -0.4 is 10.6 Å². The lowest BCUT2D eigenvalue weighted by atomic mass is 9.92. The van der Waals surface area contributed by atoms with Gasteiger partial charge in [0.2, 0.25) is 9.84 Å². The Kier molecular flexibility index (Phi) is 4.83. The lowest BCUT2D eigenvalue weighted by Crippen LogP contribution is -2.42. The van der Waals surface area contributed by atoms with Crippen LogP contribution in [0.1, 0.15) is 19.8 Å². The van der Waals surface area contributed by atoms with Crippen molar-refractivity contribution in [2.75, 3.05) is 18.0 Å². The maximum Gasteiger partial charge on any atom is 0.341 e. The van der Waals surface area contributed by atoms with Gasteiger partial charge in [0.15, 0.2) is 0 Å². The average Bonchev–Trinajstić information content (AvgIpc) is 2.47. The number of piperidine rings is 1. The van der Waals surface area contributed by atoms with E-state index in [4.69, 9.17) is 5.73 Å². The van der Waals surface area contributed by atoms with Crippen LogP contribution in [0.25, 0.3) is 0 Å². The quantitative estimate of drug-likeness (QED) is 0.925. The Morgan fingerprint density at radius 1 is 1.33 bits per heavy atom. The zero-order chi connectivity index (χ0) is 15.6. The normalized spacial score (nSPS) is 21.6. The van der Waals surface area contributed by atoms with Crippen molar-refractivity contribution < 1.29 is 17.2 Å². The van der Waals surface area contributed by atoms with E-state index >= 15 is 0 Å². The Morgan fingerprint density at radius 3 is 2.62 bits per heavy atom. The van der Waals surface area contributed by atoms with Gasteiger partial charge in [-0.1, -0.05) is 12.1 Å². The van der Waals surface area contributed by atoms with Crippen molar-refractivity contribution in [1.82, 2.24) is 0 Å². The summed E-state index contributed by atoms with van der Waals surface area (Å²) in [5.41, 5.74) is 6.26. The molecule has 2 unspecified atom stereocenters. The molecule has 1 saturated heterocycles. The maximum atomic E-state index is 12.8. The van der Waals surface area contributed by atoms with Gasteiger partial charge >= 0.3 is 5.76 Å². The number of hydrogen-bond acceptors (Lipinski definition) is 4. The minimum atomic E-state index is -4.60. The lowest BCUT2D eigenvalue weighted by Gasteiger charge is -2.37. The van der Waals surface area contributed by atoms with Crippen LogP contribution in [0.2, 0.25) is 0 Å². The summed E-state index contributed by atoms with van der Waals surface area (Å²) in [5, 5.41) is 0. The number of anilines is 1. The summed E-state index contributed by atoms with van der Waals surface area (Å²) < 4.78 is 49.3. The van der Waals surface area contributed by atoms with Crippen LogP contribution in [0.15, 0.2) is 29.2 Å². The van der Waals surface area contributed by atoms with Crippen molar-refractivity contribution in [1.29, 1.82) is 0 Å². The monoisotopic (exact) mass is 318 g/mol. The zero-order valence-electron chi connectivity index (χ0n) is 11.9. The molecule has 1 aliphatic rings. The molecule has 2 rings (SSSR count). The van der Waals surface area contributed by atoms with Crippen molar-refractivity contribution in [3.05, 3.63) is 24.3 Å². The summed E-state index contributed by atoms with van der Waals surface area (Å²) in [6.45, 7) is 3.16. The van der Waals surface area contributed by atoms with E-state index in [1.807, 2.05) is 11.8 Å².